The van der Waals surface area contributed by atoms with Gasteiger partial charge in [-0.25, -0.2) is 0 Å². The van der Waals surface area contributed by atoms with Crippen LogP contribution < -0.4 is 5.32 Å². The summed E-state index contributed by atoms with van der Waals surface area (Å²) < 4.78 is 0. The van der Waals surface area contributed by atoms with Gasteiger partial charge in [0.15, 0.2) is 0 Å². The lowest BCUT2D eigenvalue weighted by Gasteiger charge is -2.33. The van der Waals surface area contributed by atoms with Crippen molar-refractivity contribution in [2.24, 2.45) is 0 Å². The van der Waals surface area contributed by atoms with E-state index in [0.717, 1.165) is 30.9 Å². The number of carboxylic acid groups (broad SMARTS) is 1. The second-order valence-corrected chi connectivity index (χ2v) is 4.25. The van der Waals surface area contributed by atoms with Crippen LogP contribution in [0.3, 0.4) is 0 Å². The summed E-state index contributed by atoms with van der Waals surface area (Å²) in [6.45, 7) is 2.68. The molecule has 0 bridgehead atoms. The summed E-state index contributed by atoms with van der Waals surface area (Å²) in [5, 5.41) is 12.1. The Labute approximate surface area is 76.9 Å². The quantitative estimate of drug-likeness (QED) is 0.694. The fourth-order valence-corrected chi connectivity index (χ4v) is 2.71. The number of rotatable bonds is 3. The van der Waals surface area contributed by atoms with Crippen molar-refractivity contribution in [3.63, 3.8) is 0 Å². The van der Waals surface area contributed by atoms with E-state index in [9.17, 15) is 4.79 Å². The molecule has 0 saturated carbocycles. The number of carbonyl (C=O) groups is 1. The van der Waals surface area contributed by atoms with Crippen LogP contribution in [0.15, 0.2) is 0 Å². The topological polar surface area (TPSA) is 49.3 Å². The van der Waals surface area contributed by atoms with Gasteiger partial charge in [-0.1, -0.05) is 6.92 Å². The van der Waals surface area contributed by atoms with Gasteiger partial charge in [-0.2, -0.15) is 11.8 Å². The maximum absolute atomic E-state index is 11.0. The predicted octanol–water partition coefficient (Wildman–Crippen LogP) is 0.946. The summed E-state index contributed by atoms with van der Waals surface area (Å²) in [6.07, 6.45) is 1.50. The molecule has 3 nitrogen and oxygen atoms in total. The molecule has 0 amide bonds. The molecule has 0 aromatic heterocycles. The van der Waals surface area contributed by atoms with Crippen LogP contribution in [0, 0.1) is 0 Å². The number of hydrogen-bond donors (Lipinski definition) is 2. The fraction of sp³-hybridized carbons (Fsp3) is 0.875. The first-order valence-electron chi connectivity index (χ1n) is 4.27. The van der Waals surface area contributed by atoms with E-state index in [1.807, 2.05) is 18.7 Å². The molecule has 1 aliphatic rings. The van der Waals surface area contributed by atoms with E-state index in [-0.39, 0.29) is 0 Å². The van der Waals surface area contributed by atoms with E-state index in [4.69, 9.17) is 5.11 Å². The maximum atomic E-state index is 11.0. The van der Waals surface area contributed by atoms with Crippen LogP contribution in [0.4, 0.5) is 0 Å². The minimum atomic E-state index is -0.690. The van der Waals surface area contributed by atoms with Crippen molar-refractivity contribution in [3.05, 3.63) is 0 Å². The van der Waals surface area contributed by atoms with Gasteiger partial charge in [0, 0.05) is 0 Å². The van der Waals surface area contributed by atoms with E-state index in [1.165, 1.54) is 0 Å². The SMILES string of the molecule is CCNC1(C(=O)O)CCSCC1. The van der Waals surface area contributed by atoms with E-state index in [1.54, 1.807) is 0 Å². The van der Waals surface area contributed by atoms with Crippen molar-refractivity contribution >= 4 is 17.7 Å². The molecule has 4 heteroatoms. The summed E-state index contributed by atoms with van der Waals surface area (Å²) in [6, 6.07) is 0. The van der Waals surface area contributed by atoms with Crippen LogP contribution in [0.2, 0.25) is 0 Å². The summed E-state index contributed by atoms with van der Waals surface area (Å²) in [7, 11) is 0. The molecule has 0 aromatic rings. The Morgan fingerprint density at radius 2 is 2.17 bits per heavy atom. The van der Waals surface area contributed by atoms with Gasteiger partial charge < -0.3 is 10.4 Å². The molecule has 1 aliphatic heterocycles. The molecule has 0 atom stereocenters. The molecular weight excluding hydrogens is 174 g/mol. The molecule has 1 rings (SSSR count). The van der Waals surface area contributed by atoms with Crippen molar-refractivity contribution in [3.8, 4) is 0 Å². The molecule has 0 aromatic carbocycles. The third kappa shape index (κ3) is 1.93. The summed E-state index contributed by atoms with van der Waals surface area (Å²) >= 11 is 1.84. The first-order chi connectivity index (χ1) is 5.71. The number of likely N-dealkylation sites (N-methyl/N-ethyl adjacent to an activating group) is 1. The Bertz CT molecular complexity index is 161. The highest BCUT2D eigenvalue weighted by Crippen LogP contribution is 2.27. The highest BCUT2D eigenvalue weighted by molar-refractivity contribution is 7.99. The van der Waals surface area contributed by atoms with Crippen molar-refractivity contribution in [1.29, 1.82) is 0 Å². The second kappa shape index (κ2) is 4.14. The van der Waals surface area contributed by atoms with Crippen molar-refractivity contribution in [2.75, 3.05) is 18.1 Å². The fourth-order valence-electron chi connectivity index (χ4n) is 1.52. The van der Waals surface area contributed by atoms with E-state index in [2.05, 4.69) is 5.32 Å². The number of hydrogen-bond acceptors (Lipinski definition) is 3. The van der Waals surface area contributed by atoms with Crippen LogP contribution in [0.5, 0.6) is 0 Å². The van der Waals surface area contributed by atoms with Crippen molar-refractivity contribution in [1.82, 2.24) is 5.32 Å². The Hall–Kier alpha value is -0.220. The number of thioether (sulfide) groups is 1. The Kier molecular flexibility index (Phi) is 3.40. The van der Waals surface area contributed by atoms with Gasteiger partial charge >= 0.3 is 5.97 Å². The highest BCUT2D eigenvalue weighted by atomic mass is 32.2. The van der Waals surface area contributed by atoms with E-state index >= 15 is 0 Å². The van der Waals surface area contributed by atoms with Crippen LogP contribution in [-0.4, -0.2) is 34.7 Å². The van der Waals surface area contributed by atoms with Gasteiger partial charge in [0.05, 0.1) is 0 Å². The zero-order chi connectivity index (χ0) is 9.03. The zero-order valence-corrected chi connectivity index (χ0v) is 8.12. The molecule has 1 fully saturated rings. The molecule has 1 heterocycles. The first-order valence-corrected chi connectivity index (χ1v) is 5.43. The van der Waals surface area contributed by atoms with Gasteiger partial charge in [-0.05, 0) is 30.9 Å². The third-order valence-electron chi connectivity index (χ3n) is 2.27. The monoisotopic (exact) mass is 189 g/mol. The molecule has 12 heavy (non-hydrogen) atoms. The Balaban J connectivity index is 2.63. The molecule has 0 spiro atoms. The maximum Gasteiger partial charge on any atom is 0.323 e. The van der Waals surface area contributed by atoms with Crippen LogP contribution in [0.1, 0.15) is 19.8 Å². The van der Waals surface area contributed by atoms with E-state index < -0.39 is 11.5 Å². The Morgan fingerprint density at radius 1 is 1.58 bits per heavy atom. The second-order valence-electron chi connectivity index (χ2n) is 3.03. The number of nitrogens with one attached hydrogen (secondary N) is 1. The molecule has 0 unspecified atom stereocenters. The average molecular weight is 189 g/mol. The smallest absolute Gasteiger partial charge is 0.323 e. The van der Waals surface area contributed by atoms with Crippen LogP contribution >= 0.6 is 11.8 Å². The molecule has 1 saturated heterocycles. The predicted molar refractivity (Wildman–Crippen MR) is 50.6 cm³/mol. The normalized spacial score (nSPS) is 22.1. The lowest BCUT2D eigenvalue weighted by molar-refractivity contribution is -0.145. The summed E-state index contributed by atoms with van der Waals surface area (Å²) in [5.41, 5.74) is -0.625. The lowest BCUT2D eigenvalue weighted by atomic mass is 9.92. The van der Waals surface area contributed by atoms with Crippen LogP contribution in [-0.2, 0) is 4.79 Å². The minimum absolute atomic E-state index is 0.625. The first kappa shape index (κ1) is 9.86. The standard InChI is InChI=1S/C8H15NO2S/c1-2-9-8(7(10)11)3-5-12-6-4-8/h9H,2-6H2,1H3,(H,10,11). The van der Waals surface area contributed by atoms with Gasteiger partial charge in [-0.3, -0.25) is 4.79 Å². The minimum Gasteiger partial charge on any atom is -0.480 e. The van der Waals surface area contributed by atoms with Gasteiger partial charge in [0.1, 0.15) is 5.54 Å². The van der Waals surface area contributed by atoms with Gasteiger partial charge in [-0.15, -0.1) is 0 Å². The Morgan fingerprint density at radius 3 is 2.58 bits per heavy atom. The highest BCUT2D eigenvalue weighted by Gasteiger charge is 2.38. The molecule has 70 valence electrons. The third-order valence-corrected chi connectivity index (χ3v) is 3.26. The zero-order valence-electron chi connectivity index (χ0n) is 7.30. The number of aliphatic carboxylic acids is 1. The van der Waals surface area contributed by atoms with Crippen LogP contribution in [0.25, 0.3) is 0 Å². The van der Waals surface area contributed by atoms with Crippen molar-refractivity contribution < 1.29 is 9.90 Å². The summed E-state index contributed by atoms with van der Waals surface area (Å²) in [4.78, 5) is 11.0. The largest absolute Gasteiger partial charge is 0.480 e. The lowest BCUT2D eigenvalue weighted by Crippen LogP contribution is -2.54. The van der Waals surface area contributed by atoms with Gasteiger partial charge in [0.25, 0.3) is 0 Å². The van der Waals surface area contributed by atoms with E-state index in [0.29, 0.717) is 0 Å². The van der Waals surface area contributed by atoms with Gasteiger partial charge in [0.2, 0.25) is 0 Å². The molecular formula is C8H15NO2S. The van der Waals surface area contributed by atoms with Crippen molar-refractivity contribution in [2.45, 2.75) is 25.3 Å². The molecule has 0 aliphatic carbocycles. The summed E-state index contributed by atoms with van der Waals surface area (Å²) in [5.74, 6) is 1.23. The molecule has 0 radical (unpaired) electrons. The average Bonchev–Trinajstić information content (AvgIpc) is 2.06. The number of carboxylic acids is 1. The molecule has 2 N–H and O–H groups in total.